The number of rotatable bonds is 14. The van der Waals surface area contributed by atoms with Gasteiger partial charge in [-0.05, 0) is 18.3 Å². The highest BCUT2D eigenvalue weighted by molar-refractivity contribution is 5.95. The standard InChI is InChI=1S/C19H32N4O9/c1-8(2)14(17(29)21-11(19(31)32)5-6-12(24)25)23-18(30)15(9(3)4)22-16(28)10(20)7-13(26)27/h8-11,14-15H,5-7,20H2,1-4H3,(H,21,29)(H,22,28)(H,23,30)(H,24,25)(H,26,27)(H,31,32). The normalized spacial score (nSPS) is 14.7. The summed E-state index contributed by atoms with van der Waals surface area (Å²) >= 11 is 0. The largest absolute Gasteiger partial charge is 0.481 e. The van der Waals surface area contributed by atoms with Gasteiger partial charge >= 0.3 is 17.9 Å². The molecule has 0 aromatic carbocycles. The van der Waals surface area contributed by atoms with Crippen LogP contribution in [-0.2, 0) is 28.8 Å². The summed E-state index contributed by atoms with van der Waals surface area (Å²) in [4.78, 5) is 70.2. The van der Waals surface area contributed by atoms with Crippen molar-refractivity contribution in [2.75, 3.05) is 0 Å². The quantitative estimate of drug-likeness (QED) is 0.159. The second-order valence-corrected chi connectivity index (χ2v) is 8.00. The third kappa shape index (κ3) is 10.2. The zero-order valence-corrected chi connectivity index (χ0v) is 18.5. The van der Waals surface area contributed by atoms with Gasteiger partial charge in [0.15, 0.2) is 0 Å². The smallest absolute Gasteiger partial charge is 0.326 e. The van der Waals surface area contributed by atoms with E-state index in [1.165, 1.54) is 0 Å². The minimum atomic E-state index is -1.47. The van der Waals surface area contributed by atoms with Gasteiger partial charge in [0, 0.05) is 6.42 Å². The molecule has 182 valence electrons. The highest BCUT2D eigenvalue weighted by Crippen LogP contribution is 2.08. The summed E-state index contributed by atoms with van der Waals surface area (Å²) in [6.07, 6.45) is -1.46. The lowest BCUT2D eigenvalue weighted by molar-refractivity contribution is -0.143. The molecule has 0 saturated carbocycles. The van der Waals surface area contributed by atoms with Gasteiger partial charge in [0.1, 0.15) is 18.1 Å². The van der Waals surface area contributed by atoms with Crippen molar-refractivity contribution in [3.05, 3.63) is 0 Å². The van der Waals surface area contributed by atoms with E-state index in [2.05, 4.69) is 16.0 Å². The average molecular weight is 460 g/mol. The Kier molecular flexibility index (Phi) is 11.9. The van der Waals surface area contributed by atoms with Crippen molar-refractivity contribution in [1.29, 1.82) is 0 Å². The van der Waals surface area contributed by atoms with Crippen LogP contribution in [0.3, 0.4) is 0 Å². The third-order valence-electron chi connectivity index (χ3n) is 4.49. The molecule has 0 aliphatic heterocycles. The summed E-state index contributed by atoms with van der Waals surface area (Å²) in [7, 11) is 0. The second kappa shape index (κ2) is 13.2. The summed E-state index contributed by atoms with van der Waals surface area (Å²) < 4.78 is 0. The Morgan fingerprint density at radius 1 is 0.719 bits per heavy atom. The molecule has 4 atom stereocenters. The first-order valence-electron chi connectivity index (χ1n) is 10.00. The van der Waals surface area contributed by atoms with E-state index in [0.29, 0.717) is 0 Å². The van der Waals surface area contributed by atoms with Crippen LogP contribution in [0.15, 0.2) is 0 Å². The predicted octanol–water partition coefficient (Wildman–Crippen LogP) is -1.50. The number of nitrogens with one attached hydrogen (secondary N) is 3. The SMILES string of the molecule is CC(C)C(NC(=O)C(N)CC(=O)O)C(=O)NC(C(=O)NC(CCC(=O)O)C(=O)O)C(C)C. The summed E-state index contributed by atoms with van der Waals surface area (Å²) in [5.74, 6) is -7.30. The zero-order valence-electron chi connectivity index (χ0n) is 18.5. The van der Waals surface area contributed by atoms with Crippen molar-refractivity contribution < 1.29 is 44.1 Å². The van der Waals surface area contributed by atoms with Crippen LogP contribution >= 0.6 is 0 Å². The molecule has 0 radical (unpaired) electrons. The number of amides is 3. The van der Waals surface area contributed by atoms with E-state index in [1.807, 2.05) is 0 Å². The molecule has 13 heteroatoms. The third-order valence-corrected chi connectivity index (χ3v) is 4.49. The minimum Gasteiger partial charge on any atom is -0.481 e. The van der Waals surface area contributed by atoms with Crippen LogP contribution in [0.1, 0.15) is 47.0 Å². The summed E-state index contributed by atoms with van der Waals surface area (Å²) in [6, 6.07) is -5.17. The van der Waals surface area contributed by atoms with Crippen molar-refractivity contribution in [1.82, 2.24) is 16.0 Å². The van der Waals surface area contributed by atoms with Crippen molar-refractivity contribution in [2.24, 2.45) is 17.6 Å². The zero-order chi connectivity index (χ0) is 25.2. The summed E-state index contributed by atoms with van der Waals surface area (Å²) in [6.45, 7) is 6.43. The van der Waals surface area contributed by atoms with Crippen LogP contribution in [0.25, 0.3) is 0 Å². The molecule has 13 nitrogen and oxygen atoms in total. The highest BCUT2D eigenvalue weighted by Gasteiger charge is 2.33. The van der Waals surface area contributed by atoms with Crippen LogP contribution in [0.5, 0.6) is 0 Å². The van der Waals surface area contributed by atoms with Crippen molar-refractivity contribution >= 4 is 35.6 Å². The predicted molar refractivity (Wildman–Crippen MR) is 110 cm³/mol. The van der Waals surface area contributed by atoms with Crippen molar-refractivity contribution in [3.8, 4) is 0 Å². The number of aliphatic carboxylic acids is 3. The molecule has 3 amide bonds. The van der Waals surface area contributed by atoms with E-state index < -0.39 is 84.5 Å². The average Bonchev–Trinajstić information content (AvgIpc) is 2.65. The Hall–Kier alpha value is -3.22. The van der Waals surface area contributed by atoms with Crippen LogP contribution in [-0.4, -0.2) is 75.1 Å². The first-order valence-corrected chi connectivity index (χ1v) is 10.00. The molecule has 4 unspecified atom stereocenters. The molecule has 0 aliphatic carbocycles. The molecule has 0 heterocycles. The Balaban J connectivity index is 5.36. The molecular weight excluding hydrogens is 428 g/mol. The van der Waals surface area contributed by atoms with Crippen LogP contribution in [0.4, 0.5) is 0 Å². The molecule has 0 saturated heterocycles. The maximum atomic E-state index is 12.8. The lowest BCUT2D eigenvalue weighted by Crippen LogP contribution is -2.59. The molecule has 0 aliphatic rings. The Morgan fingerprint density at radius 2 is 1.16 bits per heavy atom. The number of hydrogen-bond acceptors (Lipinski definition) is 7. The van der Waals surface area contributed by atoms with Crippen molar-refractivity contribution in [3.63, 3.8) is 0 Å². The van der Waals surface area contributed by atoms with Gasteiger partial charge in [-0.25, -0.2) is 4.79 Å². The van der Waals surface area contributed by atoms with Gasteiger partial charge in [-0.2, -0.15) is 0 Å². The van der Waals surface area contributed by atoms with Gasteiger partial charge in [0.05, 0.1) is 12.5 Å². The van der Waals surface area contributed by atoms with Crippen LogP contribution in [0.2, 0.25) is 0 Å². The molecule has 0 spiro atoms. The highest BCUT2D eigenvalue weighted by atomic mass is 16.4. The van der Waals surface area contributed by atoms with Gasteiger partial charge in [0.25, 0.3) is 0 Å². The number of nitrogens with two attached hydrogens (primary N) is 1. The molecule has 8 N–H and O–H groups in total. The molecule has 0 aromatic heterocycles. The molecular formula is C19H32N4O9. The fourth-order valence-electron chi connectivity index (χ4n) is 2.64. The maximum Gasteiger partial charge on any atom is 0.326 e. The van der Waals surface area contributed by atoms with E-state index in [9.17, 15) is 33.9 Å². The topological polar surface area (TPSA) is 225 Å². The monoisotopic (exact) mass is 460 g/mol. The Bertz CT molecular complexity index is 724. The fourth-order valence-corrected chi connectivity index (χ4v) is 2.64. The molecule has 0 aromatic rings. The number of hydrogen-bond donors (Lipinski definition) is 7. The lowest BCUT2D eigenvalue weighted by atomic mass is 9.98. The first kappa shape index (κ1) is 28.8. The second-order valence-electron chi connectivity index (χ2n) is 8.00. The minimum absolute atomic E-state index is 0.346. The number of carboxylic acids is 3. The summed E-state index contributed by atoms with van der Waals surface area (Å²) in [5, 5.41) is 33.7. The number of carbonyl (C=O) groups is 6. The fraction of sp³-hybridized carbons (Fsp3) is 0.684. The summed E-state index contributed by atoms with van der Waals surface area (Å²) in [5.41, 5.74) is 5.51. The number of carboxylic acid groups (broad SMARTS) is 3. The van der Waals surface area contributed by atoms with Gasteiger partial charge < -0.3 is 37.0 Å². The first-order chi connectivity index (χ1) is 14.7. The Morgan fingerprint density at radius 3 is 1.53 bits per heavy atom. The molecule has 32 heavy (non-hydrogen) atoms. The van der Waals surface area contributed by atoms with Crippen molar-refractivity contribution in [2.45, 2.75) is 71.1 Å². The van der Waals surface area contributed by atoms with Gasteiger partial charge in [-0.15, -0.1) is 0 Å². The van der Waals surface area contributed by atoms with Gasteiger partial charge in [0.2, 0.25) is 17.7 Å². The van der Waals surface area contributed by atoms with E-state index in [-0.39, 0.29) is 6.42 Å². The Labute approximate surface area is 185 Å². The molecule has 0 bridgehead atoms. The van der Waals surface area contributed by atoms with E-state index in [1.54, 1.807) is 27.7 Å². The lowest BCUT2D eigenvalue weighted by Gasteiger charge is -2.28. The molecule has 0 rings (SSSR count). The van der Waals surface area contributed by atoms with Gasteiger partial charge in [-0.1, -0.05) is 27.7 Å². The van der Waals surface area contributed by atoms with E-state index in [4.69, 9.17) is 15.9 Å². The maximum absolute atomic E-state index is 12.8. The van der Waals surface area contributed by atoms with Crippen LogP contribution < -0.4 is 21.7 Å². The van der Waals surface area contributed by atoms with E-state index in [0.717, 1.165) is 0 Å². The number of carbonyl (C=O) groups excluding carboxylic acids is 3. The molecule has 0 fully saturated rings. The van der Waals surface area contributed by atoms with E-state index >= 15 is 0 Å². The van der Waals surface area contributed by atoms with Gasteiger partial charge in [-0.3, -0.25) is 24.0 Å². The van der Waals surface area contributed by atoms with Crippen LogP contribution in [0, 0.1) is 11.8 Å².